The summed E-state index contributed by atoms with van der Waals surface area (Å²) >= 11 is 0. The van der Waals surface area contributed by atoms with E-state index < -0.39 is 21.9 Å². The molecule has 1 amide bonds. The van der Waals surface area contributed by atoms with E-state index in [1.807, 2.05) is 6.92 Å². The number of aryl methyl sites for hydroxylation is 2. The maximum Gasteiger partial charge on any atom is 0.310 e. The van der Waals surface area contributed by atoms with Crippen molar-refractivity contribution in [1.82, 2.24) is 14.4 Å². The third-order valence-electron chi connectivity index (χ3n) is 5.09. The van der Waals surface area contributed by atoms with E-state index in [0.717, 1.165) is 0 Å². The van der Waals surface area contributed by atoms with Crippen LogP contribution < -0.4 is 0 Å². The number of carbonyl (C=O) groups is 2. The lowest BCUT2D eigenvalue weighted by atomic mass is 9.97. The molecule has 0 aliphatic carbocycles. The van der Waals surface area contributed by atoms with Crippen LogP contribution in [0.3, 0.4) is 0 Å². The first kappa shape index (κ1) is 22.4. The number of methoxy groups -OCH3 is 1. The van der Waals surface area contributed by atoms with Crippen LogP contribution in [0.25, 0.3) is 0 Å². The van der Waals surface area contributed by atoms with Crippen LogP contribution >= 0.6 is 0 Å². The second-order valence-electron chi connectivity index (χ2n) is 7.16. The van der Waals surface area contributed by atoms with Gasteiger partial charge in [-0.1, -0.05) is 12.1 Å². The van der Waals surface area contributed by atoms with Gasteiger partial charge in [-0.15, -0.1) is 0 Å². The maximum atomic E-state index is 13.0. The molecule has 2 heterocycles. The van der Waals surface area contributed by atoms with E-state index in [0.29, 0.717) is 31.6 Å². The Morgan fingerprint density at radius 2 is 2.07 bits per heavy atom. The fourth-order valence-electron chi connectivity index (χ4n) is 3.57. The van der Waals surface area contributed by atoms with Crippen molar-refractivity contribution in [2.24, 2.45) is 11.8 Å². The zero-order valence-corrected chi connectivity index (χ0v) is 17.9. The minimum Gasteiger partial charge on any atom is -0.469 e. The molecule has 10 heteroatoms. The van der Waals surface area contributed by atoms with Gasteiger partial charge in [0.05, 0.1) is 18.9 Å². The molecule has 28 heavy (non-hydrogen) atoms. The zero-order valence-electron chi connectivity index (χ0n) is 17.1. The van der Waals surface area contributed by atoms with Gasteiger partial charge < -0.3 is 14.2 Å². The molecule has 158 valence electrons. The number of aromatic nitrogens is 1. The van der Waals surface area contributed by atoms with Crippen LogP contribution in [-0.4, -0.2) is 67.9 Å². The number of sulfonamides is 1. The van der Waals surface area contributed by atoms with E-state index in [-0.39, 0.29) is 35.6 Å². The van der Waals surface area contributed by atoms with Crippen LogP contribution in [0.1, 0.15) is 38.1 Å². The van der Waals surface area contributed by atoms with Gasteiger partial charge in [0, 0.05) is 26.2 Å². The molecule has 2 unspecified atom stereocenters. The summed E-state index contributed by atoms with van der Waals surface area (Å²) in [5, 5.41) is 3.73. The molecule has 0 bridgehead atoms. The highest BCUT2D eigenvalue weighted by molar-refractivity contribution is 7.89. The van der Waals surface area contributed by atoms with E-state index in [4.69, 9.17) is 9.26 Å². The van der Waals surface area contributed by atoms with Gasteiger partial charge in [0.2, 0.25) is 15.9 Å². The van der Waals surface area contributed by atoms with Gasteiger partial charge in [0.1, 0.15) is 10.6 Å². The van der Waals surface area contributed by atoms with E-state index in [2.05, 4.69) is 5.16 Å². The molecule has 1 aromatic rings. The quantitative estimate of drug-likeness (QED) is 0.618. The lowest BCUT2D eigenvalue weighted by Gasteiger charge is -2.34. The standard InChI is InChI=1S/C18H29N3O6S/c1-6-20(10-12(2)18(23)26-5)17(22)15-8-7-9-21(11-15)28(24,25)16-13(3)19-27-14(16)4/h12,15H,6-11H2,1-5H3. The predicted molar refractivity (Wildman–Crippen MR) is 101 cm³/mol. The number of ether oxygens (including phenoxy) is 1. The molecular weight excluding hydrogens is 386 g/mol. The smallest absolute Gasteiger partial charge is 0.310 e. The van der Waals surface area contributed by atoms with Crippen molar-refractivity contribution in [2.75, 3.05) is 33.3 Å². The number of nitrogens with zero attached hydrogens (tertiary/aromatic N) is 3. The molecule has 1 aliphatic rings. The van der Waals surface area contributed by atoms with Gasteiger partial charge >= 0.3 is 5.97 Å². The van der Waals surface area contributed by atoms with Crippen LogP contribution in [0.5, 0.6) is 0 Å². The molecule has 0 N–H and O–H groups in total. The Kier molecular flexibility index (Phi) is 7.22. The number of hydrogen-bond donors (Lipinski definition) is 0. The number of hydrogen-bond acceptors (Lipinski definition) is 7. The lowest BCUT2D eigenvalue weighted by molar-refractivity contribution is -0.147. The van der Waals surface area contributed by atoms with Crippen molar-refractivity contribution < 1.29 is 27.3 Å². The van der Waals surface area contributed by atoms with Crippen LogP contribution in [0, 0.1) is 25.7 Å². The van der Waals surface area contributed by atoms with E-state index in [9.17, 15) is 18.0 Å². The molecule has 2 atom stereocenters. The van der Waals surface area contributed by atoms with E-state index in [1.165, 1.54) is 11.4 Å². The van der Waals surface area contributed by atoms with Gasteiger partial charge in [-0.2, -0.15) is 4.31 Å². The van der Waals surface area contributed by atoms with Crippen LogP contribution in [0.15, 0.2) is 9.42 Å². The van der Waals surface area contributed by atoms with Gasteiger partial charge in [-0.3, -0.25) is 9.59 Å². The fraction of sp³-hybridized carbons (Fsp3) is 0.722. The summed E-state index contributed by atoms with van der Waals surface area (Å²) in [4.78, 5) is 26.3. The normalized spacial score (nSPS) is 19.2. The van der Waals surface area contributed by atoms with Crippen LogP contribution in [0.2, 0.25) is 0 Å². The average Bonchev–Trinajstić information content (AvgIpc) is 3.03. The topological polar surface area (TPSA) is 110 Å². The van der Waals surface area contributed by atoms with Crippen molar-refractivity contribution in [2.45, 2.75) is 45.4 Å². The van der Waals surface area contributed by atoms with E-state index >= 15 is 0 Å². The highest BCUT2D eigenvalue weighted by Gasteiger charge is 2.37. The summed E-state index contributed by atoms with van der Waals surface area (Å²) in [6, 6.07) is 0. The van der Waals surface area contributed by atoms with Crippen molar-refractivity contribution in [3.05, 3.63) is 11.5 Å². The molecule has 1 saturated heterocycles. The molecule has 1 aliphatic heterocycles. The Hall–Kier alpha value is -1.94. The molecule has 1 fully saturated rings. The molecule has 0 radical (unpaired) electrons. The summed E-state index contributed by atoms with van der Waals surface area (Å²) < 4.78 is 37.2. The van der Waals surface area contributed by atoms with Crippen molar-refractivity contribution in [3.63, 3.8) is 0 Å². The number of rotatable bonds is 7. The monoisotopic (exact) mass is 415 g/mol. The van der Waals surface area contributed by atoms with Crippen LogP contribution in [-0.2, 0) is 24.3 Å². The Morgan fingerprint density at radius 3 is 2.61 bits per heavy atom. The Balaban J connectivity index is 2.15. The number of amides is 1. The predicted octanol–water partition coefficient (Wildman–Crippen LogP) is 1.35. The van der Waals surface area contributed by atoms with Crippen LogP contribution in [0.4, 0.5) is 0 Å². The lowest BCUT2D eigenvalue weighted by Crippen LogP contribution is -2.48. The minimum atomic E-state index is -3.79. The highest BCUT2D eigenvalue weighted by Crippen LogP contribution is 2.28. The third kappa shape index (κ3) is 4.54. The van der Waals surface area contributed by atoms with Crippen molar-refractivity contribution >= 4 is 21.9 Å². The second-order valence-corrected chi connectivity index (χ2v) is 9.03. The Morgan fingerprint density at radius 1 is 1.39 bits per heavy atom. The Bertz CT molecular complexity index is 800. The third-order valence-corrected chi connectivity index (χ3v) is 7.20. The molecule has 9 nitrogen and oxygen atoms in total. The zero-order chi connectivity index (χ0) is 21.1. The van der Waals surface area contributed by atoms with E-state index in [1.54, 1.807) is 25.7 Å². The minimum absolute atomic E-state index is 0.0762. The fourth-order valence-corrected chi connectivity index (χ4v) is 5.39. The second kappa shape index (κ2) is 9.04. The summed E-state index contributed by atoms with van der Waals surface area (Å²) in [6.45, 7) is 7.83. The summed E-state index contributed by atoms with van der Waals surface area (Å²) in [7, 11) is -2.47. The Labute approximate surface area is 166 Å². The van der Waals surface area contributed by atoms with Crippen molar-refractivity contribution in [3.8, 4) is 0 Å². The van der Waals surface area contributed by atoms with Gasteiger partial charge in [-0.05, 0) is 33.6 Å². The number of carbonyl (C=O) groups excluding carboxylic acids is 2. The first-order valence-corrected chi connectivity index (χ1v) is 10.9. The molecule has 2 rings (SSSR count). The van der Waals surface area contributed by atoms with Gasteiger partial charge in [-0.25, -0.2) is 8.42 Å². The largest absolute Gasteiger partial charge is 0.469 e. The van der Waals surface area contributed by atoms with Gasteiger partial charge in [0.15, 0.2) is 5.76 Å². The molecule has 0 aromatic carbocycles. The van der Waals surface area contributed by atoms with Crippen molar-refractivity contribution in [1.29, 1.82) is 0 Å². The maximum absolute atomic E-state index is 13.0. The first-order valence-electron chi connectivity index (χ1n) is 9.43. The molecule has 0 spiro atoms. The molecular formula is C18H29N3O6S. The molecule has 0 saturated carbocycles. The number of piperidine rings is 1. The van der Waals surface area contributed by atoms with Gasteiger partial charge in [0.25, 0.3) is 0 Å². The SMILES string of the molecule is CCN(CC(C)C(=O)OC)C(=O)C1CCCN(S(=O)(=O)c2c(C)noc2C)C1. The molecule has 1 aromatic heterocycles. The highest BCUT2D eigenvalue weighted by atomic mass is 32.2. The summed E-state index contributed by atoms with van der Waals surface area (Å²) in [5.74, 6) is -1.17. The number of esters is 1. The summed E-state index contributed by atoms with van der Waals surface area (Å²) in [6.07, 6.45) is 1.19. The average molecular weight is 416 g/mol. The first-order chi connectivity index (χ1) is 13.1. The summed E-state index contributed by atoms with van der Waals surface area (Å²) in [5.41, 5.74) is 0.313.